The smallest absolute Gasteiger partial charge is 0.231 e. The third-order valence-electron chi connectivity index (χ3n) is 5.91. The number of nitrogens with zero attached hydrogens (tertiary/aromatic N) is 1. The van der Waals surface area contributed by atoms with Crippen LogP contribution in [0.25, 0.3) is 0 Å². The molecule has 2 aliphatic rings. The first-order valence-corrected chi connectivity index (χ1v) is 9.46. The fraction of sp³-hybridized carbons (Fsp3) is 0.409. The zero-order valence-electron chi connectivity index (χ0n) is 16.7. The lowest BCUT2D eigenvalue weighted by atomic mass is 9.85. The van der Waals surface area contributed by atoms with E-state index >= 15 is 0 Å². The predicted octanol–water partition coefficient (Wildman–Crippen LogP) is 3.38. The highest BCUT2D eigenvalue weighted by Crippen LogP contribution is 2.51. The van der Waals surface area contributed by atoms with Gasteiger partial charge in [0, 0.05) is 6.42 Å². The number of rotatable bonds is 4. The molecule has 0 radical (unpaired) electrons. The fourth-order valence-electron chi connectivity index (χ4n) is 4.27. The number of likely N-dealkylation sites (N-methyl/N-ethyl adjacent to an activating group) is 1. The van der Waals surface area contributed by atoms with Gasteiger partial charge in [-0.2, -0.15) is 0 Å². The lowest BCUT2D eigenvalue weighted by Crippen LogP contribution is -2.48. The quantitative estimate of drug-likeness (QED) is 0.647. The van der Waals surface area contributed by atoms with Gasteiger partial charge in [0.05, 0.1) is 45.3 Å². The summed E-state index contributed by atoms with van der Waals surface area (Å²) in [5.74, 6) is 1.91. The topological polar surface area (TPSA) is 65.0 Å². The first-order chi connectivity index (χ1) is 13.3. The summed E-state index contributed by atoms with van der Waals surface area (Å²) < 4.78 is 17.6. The number of ether oxygens (including phenoxy) is 3. The molecule has 6 nitrogen and oxygen atoms in total. The van der Waals surface area contributed by atoms with Crippen LogP contribution in [-0.4, -0.2) is 49.9 Å². The second-order valence-corrected chi connectivity index (χ2v) is 8.13. The van der Waals surface area contributed by atoms with Gasteiger partial charge in [0.25, 0.3) is 0 Å². The maximum atomic E-state index is 13.2. The fourth-order valence-corrected chi connectivity index (χ4v) is 4.27. The van der Waals surface area contributed by atoms with Crippen molar-refractivity contribution in [2.24, 2.45) is 0 Å². The van der Waals surface area contributed by atoms with E-state index in [1.807, 2.05) is 13.0 Å². The average Bonchev–Trinajstić information content (AvgIpc) is 3.12. The maximum absolute atomic E-state index is 13.2. The van der Waals surface area contributed by atoms with Crippen LogP contribution in [0.2, 0.25) is 0 Å². The van der Waals surface area contributed by atoms with Gasteiger partial charge >= 0.3 is 0 Å². The Morgan fingerprint density at radius 1 is 1.29 bits per heavy atom. The van der Waals surface area contributed by atoms with Gasteiger partial charge in [0.1, 0.15) is 11.8 Å². The summed E-state index contributed by atoms with van der Waals surface area (Å²) in [7, 11) is 5.87. The molecule has 0 spiro atoms. The van der Waals surface area contributed by atoms with E-state index < -0.39 is 0 Å². The molecular formula is C22H26NO5+. The highest BCUT2D eigenvalue weighted by Gasteiger charge is 2.42. The van der Waals surface area contributed by atoms with Gasteiger partial charge in [0.2, 0.25) is 12.5 Å². The first kappa shape index (κ1) is 18.6. The molecule has 0 saturated heterocycles. The monoisotopic (exact) mass is 384 g/mol. The minimum Gasteiger partial charge on any atom is -0.507 e. The van der Waals surface area contributed by atoms with Crippen molar-refractivity contribution in [3.63, 3.8) is 0 Å². The Morgan fingerprint density at radius 3 is 2.82 bits per heavy atom. The largest absolute Gasteiger partial charge is 0.507 e. The van der Waals surface area contributed by atoms with Crippen molar-refractivity contribution < 1.29 is 28.6 Å². The van der Waals surface area contributed by atoms with Crippen molar-refractivity contribution in [3.05, 3.63) is 46.5 Å². The van der Waals surface area contributed by atoms with E-state index in [0.717, 1.165) is 29.7 Å². The van der Waals surface area contributed by atoms with Gasteiger partial charge in [-0.1, -0.05) is 11.6 Å². The molecule has 1 unspecified atom stereocenters. The molecule has 2 aromatic carbocycles. The van der Waals surface area contributed by atoms with Crippen LogP contribution < -0.4 is 14.2 Å². The minimum atomic E-state index is -0.111. The Balaban J connectivity index is 1.79. The molecule has 148 valence electrons. The lowest BCUT2D eigenvalue weighted by molar-refractivity contribution is -0.922. The summed E-state index contributed by atoms with van der Waals surface area (Å²) in [4.78, 5) is 13.2. The molecule has 0 fully saturated rings. The zero-order chi connectivity index (χ0) is 20.1. The molecule has 2 heterocycles. The molecule has 1 atom stereocenters. The van der Waals surface area contributed by atoms with Crippen LogP contribution in [0.15, 0.2) is 24.3 Å². The molecule has 0 saturated carbocycles. The van der Waals surface area contributed by atoms with Crippen LogP contribution in [0.3, 0.4) is 0 Å². The van der Waals surface area contributed by atoms with Crippen molar-refractivity contribution in [1.29, 1.82) is 0 Å². The second kappa shape index (κ2) is 6.71. The van der Waals surface area contributed by atoms with Crippen LogP contribution in [-0.2, 0) is 6.42 Å². The van der Waals surface area contributed by atoms with E-state index in [2.05, 4.69) is 14.1 Å². The molecule has 0 aliphatic carbocycles. The van der Waals surface area contributed by atoms with Crippen molar-refractivity contribution in [2.75, 3.05) is 34.5 Å². The second-order valence-electron chi connectivity index (χ2n) is 8.13. The summed E-state index contributed by atoms with van der Waals surface area (Å²) >= 11 is 0. The summed E-state index contributed by atoms with van der Waals surface area (Å²) in [6.07, 6.45) is 1.14. The molecule has 0 aromatic heterocycles. The molecule has 28 heavy (non-hydrogen) atoms. The van der Waals surface area contributed by atoms with E-state index in [1.54, 1.807) is 25.3 Å². The van der Waals surface area contributed by atoms with Gasteiger partial charge in [-0.05, 0) is 30.7 Å². The molecule has 2 aromatic rings. The Morgan fingerprint density at radius 2 is 2.07 bits per heavy atom. The number of ketones is 1. The number of hydrogen-bond donors (Lipinski definition) is 1. The number of quaternary nitrogens is 1. The number of phenols is 1. The first-order valence-electron chi connectivity index (χ1n) is 9.46. The van der Waals surface area contributed by atoms with Crippen LogP contribution in [0, 0.1) is 6.92 Å². The molecule has 6 heteroatoms. The van der Waals surface area contributed by atoms with Crippen LogP contribution in [0.1, 0.15) is 39.5 Å². The number of methoxy groups -OCH3 is 1. The third-order valence-corrected chi connectivity index (χ3v) is 5.91. The van der Waals surface area contributed by atoms with E-state index in [0.29, 0.717) is 27.3 Å². The van der Waals surface area contributed by atoms with E-state index in [4.69, 9.17) is 14.2 Å². The van der Waals surface area contributed by atoms with Gasteiger partial charge in [0.15, 0.2) is 17.3 Å². The number of fused-ring (bicyclic) bond motifs is 2. The standard InChI is InChI=1S/C22H25NO5/c1-13-5-6-17(24)15(9-13)18(25)11-16-20-14(7-8-23(16,2)3)10-19-21(22(20)26-4)28-12-27-19/h5-6,9-10,16H,7-8,11-12H2,1-4H3/p+1. The highest BCUT2D eigenvalue weighted by molar-refractivity contribution is 5.99. The van der Waals surface area contributed by atoms with E-state index in [-0.39, 0.29) is 30.8 Å². The lowest BCUT2D eigenvalue weighted by Gasteiger charge is -2.43. The Labute approximate surface area is 164 Å². The number of phenolic OH excluding ortho intramolecular Hbond substituents is 1. The van der Waals surface area contributed by atoms with Crippen LogP contribution >= 0.6 is 0 Å². The highest BCUT2D eigenvalue weighted by atomic mass is 16.7. The third kappa shape index (κ3) is 2.98. The minimum absolute atomic E-state index is 0.0228. The number of carbonyl (C=O) groups excluding carboxylic acids is 1. The summed E-state index contributed by atoms with van der Waals surface area (Å²) in [5, 5.41) is 10.2. The SMILES string of the molecule is COc1c2c(cc3c1C(CC(=O)c1cc(C)ccc1O)[N+](C)(C)CC3)OCO2. The van der Waals surface area contributed by atoms with Crippen molar-refractivity contribution in [2.45, 2.75) is 25.8 Å². The number of carbonyl (C=O) groups is 1. The number of aryl methyl sites for hydroxylation is 1. The Hall–Kier alpha value is -2.73. The number of aromatic hydroxyl groups is 1. The number of hydrogen-bond acceptors (Lipinski definition) is 5. The predicted molar refractivity (Wildman–Crippen MR) is 104 cm³/mol. The molecule has 4 rings (SSSR count). The van der Waals surface area contributed by atoms with Gasteiger partial charge in [-0.15, -0.1) is 0 Å². The molecule has 0 bridgehead atoms. The van der Waals surface area contributed by atoms with Crippen molar-refractivity contribution in [3.8, 4) is 23.0 Å². The van der Waals surface area contributed by atoms with E-state index in [9.17, 15) is 9.90 Å². The van der Waals surface area contributed by atoms with Gasteiger partial charge in [-0.3, -0.25) is 4.79 Å². The van der Waals surface area contributed by atoms with Crippen LogP contribution in [0.5, 0.6) is 23.0 Å². The zero-order valence-corrected chi connectivity index (χ0v) is 16.7. The van der Waals surface area contributed by atoms with Crippen molar-refractivity contribution >= 4 is 5.78 Å². The normalized spacial score (nSPS) is 19.2. The van der Waals surface area contributed by atoms with E-state index in [1.165, 1.54) is 0 Å². The van der Waals surface area contributed by atoms with Gasteiger partial charge in [-0.25, -0.2) is 0 Å². The molecule has 2 aliphatic heterocycles. The summed E-state index contributed by atoms with van der Waals surface area (Å²) in [5.41, 5.74) is 3.44. The average molecular weight is 384 g/mol. The Bertz CT molecular complexity index is 950. The maximum Gasteiger partial charge on any atom is 0.231 e. The van der Waals surface area contributed by atoms with Gasteiger partial charge < -0.3 is 23.8 Å². The Kier molecular flexibility index (Phi) is 4.46. The summed E-state index contributed by atoms with van der Waals surface area (Å²) in [6.45, 7) is 2.98. The number of Topliss-reactive ketones (excluding diaryl/α,β-unsaturated/α-hetero) is 1. The molecular weight excluding hydrogens is 358 g/mol. The van der Waals surface area contributed by atoms with Crippen molar-refractivity contribution in [1.82, 2.24) is 0 Å². The number of benzene rings is 2. The van der Waals surface area contributed by atoms with Crippen LogP contribution in [0.4, 0.5) is 0 Å². The summed E-state index contributed by atoms with van der Waals surface area (Å²) in [6, 6.07) is 7.03. The molecule has 0 amide bonds. The molecule has 1 N–H and O–H groups in total.